The number of ether oxygens (including phenoxy) is 2. The van der Waals surface area contributed by atoms with Gasteiger partial charge in [0.2, 0.25) is 5.91 Å². The number of likely N-dealkylation sites (tertiary alicyclic amines) is 1. The summed E-state index contributed by atoms with van der Waals surface area (Å²) in [6.45, 7) is 0.507. The van der Waals surface area contributed by atoms with Crippen molar-refractivity contribution in [3.05, 3.63) is 66.2 Å². The Morgan fingerprint density at radius 3 is 2.42 bits per heavy atom. The van der Waals surface area contributed by atoms with E-state index in [1.807, 2.05) is 36.4 Å². The topological polar surface area (TPSA) is 102 Å². The van der Waals surface area contributed by atoms with Gasteiger partial charge < -0.3 is 14.8 Å². The molecule has 1 heterocycles. The maximum Gasteiger partial charge on any atom is 0.410 e. The Labute approximate surface area is 195 Å². The molecule has 176 valence electrons. The van der Waals surface area contributed by atoms with Crippen LogP contribution in [0, 0.1) is 0 Å². The Morgan fingerprint density at radius 1 is 1.09 bits per heavy atom. The number of rotatable bonds is 9. The number of nitrogens with one attached hydrogen (secondary N) is 1. The molecule has 2 aromatic carbocycles. The fourth-order valence-electron chi connectivity index (χ4n) is 3.63. The molecule has 1 N–H and O–H groups in total. The van der Waals surface area contributed by atoms with Crippen LogP contribution in [0.4, 0.5) is 4.79 Å². The lowest BCUT2D eigenvalue weighted by atomic mass is 10.1. The number of carbonyl (C=O) groups excluding carboxylic acids is 3. The summed E-state index contributed by atoms with van der Waals surface area (Å²) in [5, 5.41) is 2.68. The highest BCUT2D eigenvalue weighted by molar-refractivity contribution is 7.85. The quantitative estimate of drug-likeness (QED) is 0.563. The third-order valence-corrected chi connectivity index (χ3v) is 6.80. The zero-order chi connectivity index (χ0) is 23.6. The largest absolute Gasteiger partial charge is 0.467 e. The Kier molecular flexibility index (Phi) is 9.00. The van der Waals surface area contributed by atoms with Gasteiger partial charge in [0, 0.05) is 17.2 Å². The van der Waals surface area contributed by atoms with Gasteiger partial charge in [-0.25, -0.2) is 9.59 Å². The van der Waals surface area contributed by atoms with Crippen molar-refractivity contribution in [1.82, 2.24) is 10.2 Å². The number of benzene rings is 2. The van der Waals surface area contributed by atoms with Crippen LogP contribution in [0.25, 0.3) is 0 Å². The molecule has 2 amide bonds. The number of esters is 1. The molecule has 33 heavy (non-hydrogen) atoms. The van der Waals surface area contributed by atoms with E-state index in [1.54, 1.807) is 24.3 Å². The van der Waals surface area contributed by atoms with Crippen molar-refractivity contribution in [2.75, 3.05) is 19.4 Å². The van der Waals surface area contributed by atoms with Crippen molar-refractivity contribution in [2.45, 2.75) is 42.8 Å². The second kappa shape index (κ2) is 12.2. The summed E-state index contributed by atoms with van der Waals surface area (Å²) in [6.07, 6.45) is 0.692. The lowest BCUT2D eigenvalue weighted by Crippen LogP contribution is -2.51. The number of carbonyl (C=O) groups is 3. The molecule has 1 fully saturated rings. The molecule has 0 bridgehead atoms. The van der Waals surface area contributed by atoms with Crippen molar-refractivity contribution >= 4 is 28.8 Å². The first-order chi connectivity index (χ1) is 16.0. The van der Waals surface area contributed by atoms with Crippen molar-refractivity contribution in [3.63, 3.8) is 0 Å². The molecule has 1 aliphatic heterocycles. The SMILES string of the molecule is COC(=O)[C@@H](CC[S@](=O)c1ccccc1)NC(=O)[C@H]1CCCN1C(=O)OCc1ccccc1. The van der Waals surface area contributed by atoms with Crippen LogP contribution in [0.15, 0.2) is 65.6 Å². The van der Waals surface area contributed by atoms with Gasteiger partial charge in [0.1, 0.15) is 18.7 Å². The van der Waals surface area contributed by atoms with Gasteiger partial charge in [-0.15, -0.1) is 0 Å². The van der Waals surface area contributed by atoms with E-state index in [4.69, 9.17) is 9.47 Å². The van der Waals surface area contributed by atoms with Gasteiger partial charge in [-0.3, -0.25) is 13.9 Å². The van der Waals surface area contributed by atoms with Crippen molar-refractivity contribution in [1.29, 1.82) is 0 Å². The van der Waals surface area contributed by atoms with E-state index in [1.165, 1.54) is 12.0 Å². The van der Waals surface area contributed by atoms with Crippen LogP contribution in [-0.2, 0) is 36.5 Å². The smallest absolute Gasteiger partial charge is 0.410 e. The Balaban J connectivity index is 1.57. The summed E-state index contributed by atoms with van der Waals surface area (Å²) in [4.78, 5) is 39.8. The number of amides is 2. The average Bonchev–Trinajstić information content (AvgIpc) is 3.36. The Bertz CT molecular complexity index is 969. The average molecular weight is 473 g/mol. The van der Waals surface area contributed by atoms with E-state index in [2.05, 4.69) is 5.32 Å². The van der Waals surface area contributed by atoms with Gasteiger partial charge >= 0.3 is 12.1 Å². The summed E-state index contributed by atoms with van der Waals surface area (Å²) >= 11 is 0. The lowest BCUT2D eigenvalue weighted by Gasteiger charge is -2.25. The van der Waals surface area contributed by atoms with Crippen LogP contribution in [0.2, 0.25) is 0 Å². The fourth-order valence-corrected chi connectivity index (χ4v) is 4.78. The molecule has 9 heteroatoms. The van der Waals surface area contributed by atoms with Gasteiger partial charge in [-0.1, -0.05) is 48.5 Å². The van der Waals surface area contributed by atoms with Crippen LogP contribution in [0.3, 0.4) is 0 Å². The summed E-state index contributed by atoms with van der Waals surface area (Å²) in [7, 11) is -0.0836. The molecule has 8 nitrogen and oxygen atoms in total. The highest BCUT2D eigenvalue weighted by atomic mass is 32.2. The van der Waals surface area contributed by atoms with Crippen molar-refractivity contribution in [3.8, 4) is 0 Å². The Morgan fingerprint density at radius 2 is 1.76 bits per heavy atom. The second-order valence-electron chi connectivity index (χ2n) is 7.63. The first-order valence-electron chi connectivity index (χ1n) is 10.8. The number of hydrogen-bond donors (Lipinski definition) is 1. The van der Waals surface area contributed by atoms with E-state index < -0.39 is 40.9 Å². The molecule has 3 rings (SSSR count). The van der Waals surface area contributed by atoms with Crippen LogP contribution in [0.5, 0.6) is 0 Å². The highest BCUT2D eigenvalue weighted by Crippen LogP contribution is 2.20. The minimum Gasteiger partial charge on any atom is -0.467 e. The highest BCUT2D eigenvalue weighted by Gasteiger charge is 2.37. The minimum atomic E-state index is -1.32. The molecule has 0 aliphatic carbocycles. The number of nitrogens with zero attached hydrogens (tertiary/aromatic N) is 1. The first-order valence-corrected chi connectivity index (χ1v) is 12.1. The van der Waals surface area contributed by atoms with Crippen LogP contribution in [-0.4, -0.2) is 58.6 Å². The molecule has 1 aliphatic rings. The Hall–Kier alpha value is -3.20. The molecular weight excluding hydrogens is 444 g/mol. The third kappa shape index (κ3) is 6.89. The predicted octanol–water partition coefficient (Wildman–Crippen LogP) is 2.64. The molecule has 1 saturated heterocycles. The fraction of sp³-hybridized carbons (Fsp3) is 0.375. The van der Waals surface area contributed by atoms with Gasteiger partial charge in [-0.2, -0.15) is 0 Å². The molecule has 0 aromatic heterocycles. The minimum absolute atomic E-state index is 0.112. The normalized spacial score (nSPS) is 17.1. The number of hydrogen-bond acceptors (Lipinski definition) is 6. The standard InChI is InChI=1S/C24H28N2O6S/c1-31-23(28)20(14-16-33(30)19-11-6-3-7-12-19)25-22(27)21-13-8-15-26(21)24(29)32-17-18-9-4-2-5-10-18/h2-7,9-12,20-21H,8,13-17H2,1H3,(H,25,27)/t20-,21-,33+/m1/s1. The van der Waals surface area contributed by atoms with Crippen LogP contribution < -0.4 is 5.32 Å². The third-order valence-electron chi connectivity index (χ3n) is 5.40. The summed E-state index contributed by atoms with van der Waals surface area (Å²) in [5.41, 5.74) is 0.850. The van der Waals surface area contributed by atoms with Crippen molar-refractivity contribution in [2.24, 2.45) is 0 Å². The summed E-state index contributed by atoms with van der Waals surface area (Å²) < 4.78 is 22.7. The molecular formula is C24H28N2O6S. The van der Waals surface area contributed by atoms with Crippen molar-refractivity contribution < 1.29 is 28.1 Å². The molecule has 0 spiro atoms. The summed E-state index contributed by atoms with van der Waals surface area (Å²) in [5.74, 6) is -0.896. The van der Waals surface area contributed by atoms with Gasteiger partial charge in [0.15, 0.2) is 0 Å². The van der Waals surface area contributed by atoms with Crippen LogP contribution >= 0.6 is 0 Å². The zero-order valence-corrected chi connectivity index (χ0v) is 19.3. The maximum absolute atomic E-state index is 12.9. The van der Waals surface area contributed by atoms with E-state index in [-0.39, 0.29) is 18.8 Å². The number of methoxy groups -OCH3 is 1. The van der Waals surface area contributed by atoms with E-state index >= 15 is 0 Å². The zero-order valence-electron chi connectivity index (χ0n) is 18.5. The van der Waals surface area contributed by atoms with E-state index in [0.29, 0.717) is 24.3 Å². The van der Waals surface area contributed by atoms with E-state index in [0.717, 1.165) is 5.56 Å². The molecule has 0 saturated carbocycles. The predicted molar refractivity (Wildman–Crippen MR) is 123 cm³/mol. The molecule has 0 radical (unpaired) electrons. The lowest BCUT2D eigenvalue weighted by molar-refractivity contribution is -0.145. The monoisotopic (exact) mass is 472 g/mol. The second-order valence-corrected chi connectivity index (χ2v) is 9.20. The van der Waals surface area contributed by atoms with Gasteiger partial charge in [0.05, 0.1) is 17.9 Å². The molecule has 0 unspecified atom stereocenters. The van der Waals surface area contributed by atoms with Gasteiger partial charge in [0.25, 0.3) is 0 Å². The maximum atomic E-state index is 12.9. The molecule has 3 atom stereocenters. The first kappa shape index (κ1) is 24.4. The summed E-state index contributed by atoms with van der Waals surface area (Å²) in [6, 6.07) is 16.5. The van der Waals surface area contributed by atoms with Crippen LogP contribution in [0.1, 0.15) is 24.8 Å². The van der Waals surface area contributed by atoms with E-state index in [9.17, 15) is 18.6 Å². The molecule has 2 aromatic rings. The van der Waals surface area contributed by atoms with Gasteiger partial charge in [-0.05, 0) is 37.0 Å².